The van der Waals surface area contributed by atoms with Gasteiger partial charge < -0.3 is 39.7 Å². The van der Waals surface area contributed by atoms with Gasteiger partial charge in [-0.05, 0) is 39.0 Å². The normalized spacial score (nSPS) is 50.9. The largest absolute Gasteiger partial charge is 0.394 e. The highest BCUT2D eigenvalue weighted by atomic mass is 16.7. The van der Waals surface area contributed by atoms with Crippen LogP contribution in [-0.2, 0) is 14.2 Å². The van der Waals surface area contributed by atoms with Crippen LogP contribution in [0.15, 0.2) is 0 Å². The molecule has 0 aromatic carbocycles. The molecule has 0 spiro atoms. The van der Waals surface area contributed by atoms with Crippen molar-refractivity contribution < 1.29 is 39.7 Å². The van der Waals surface area contributed by atoms with E-state index in [1.165, 1.54) is 0 Å². The van der Waals surface area contributed by atoms with Crippen LogP contribution in [0.1, 0.15) is 33.1 Å². The Kier molecular flexibility index (Phi) is 4.96. The Morgan fingerprint density at radius 3 is 2.38 bits per heavy atom. The summed E-state index contributed by atoms with van der Waals surface area (Å²) in [5, 5.41) is 49.0. The Morgan fingerprint density at radius 1 is 1.08 bits per heavy atom. The molecule has 0 radical (unpaired) electrons. The van der Waals surface area contributed by atoms with Crippen molar-refractivity contribution in [1.82, 2.24) is 0 Å². The molecule has 2 bridgehead atoms. The summed E-state index contributed by atoms with van der Waals surface area (Å²) in [6.07, 6.45) is -4.89. The molecular formula is C16H28O8. The Bertz CT molecular complexity index is 455. The lowest BCUT2D eigenvalue weighted by Gasteiger charge is -2.58. The zero-order chi connectivity index (χ0) is 17.7. The van der Waals surface area contributed by atoms with Crippen LogP contribution in [0.5, 0.6) is 0 Å². The molecule has 0 amide bonds. The number of aliphatic hydroxyl groups excluding tert-OH is 5. The molecule has 5 N–H and O–H groups in total. The first-order valence-corrected chi connectivity index (χ1v) is 8.51. The van der Waals surface area contributed by atoms with Crippen LogP contribution >= 0.6 is 0 Å². The fourth-order valence-electron chi connectivity index (χ4n) is 4.26. The second-order valence-electron chi connectivity index (χ2n) is 7.72. The van der Waals surface area contributed by atoms with Crippen molar-refractivity contribution in [3.63, 3.8) is 0 Å². The Hall–Kier alpha value is -0.320. The molecule has 3 heterocycles. The summed E-state index contributed by atoms with van der Waals surface area (Å²) in [4.78, 5) is 0. The van der Waals surface area contributed by atoms with E-state index in [0.717, 1.165) is 6.42 Å². The van der Waals surface area contributed by atoms with Gasteiger partial charge in [-0.2, -0.15) is 0 Å². The quantitative estimate of drug-likeness (QED) is 0.416. The molecule has 0 aromatic rings. The van der Waals surface area contributed by atoms with Gasteiger partial charge in [0.25, 0.3) is 0 Å². The van der Waals surface area contributed by atoms with Gasteiger partial charge in [-0.3, -0.25) is 0 Å². The third-order valence-corrected chi connectivity index (χ3v) is 5.87. The first kappa shape index (κ1) is 18.5. The van der Waals surface area contributed by atoms with E-state index in [2.05, 4.69) is 0 Å². The van der Waals surface area contributed by atoms with E-state index in [1.807, 2.05) is 13.8 Å². The van der Waals surface area contributed by atoms with Crippen LogP contribution in [0.4, 0.5) is 0 Å². The summed E-state index contributed by atoms with van der Waals surface area (Å²) in [5.74, 6) is 0.251. The van der Waals surface area contributed by atoms with Crippen molar-refractivity contribution in [3.05, 3.63) is 0 Å². The molecule has 4 rings (SSSR count). The molecular weight excluding hydrogens is 320 g/mol. The van der Waals surface area contributed by atoms with Crippen LogP contribution < -0.4 is 0 Å². The molecule has 8 unspecified atom stereocenters. The first-order chi connectivity index (χ1) is 11.2. The number of ether oxygens (including phenoxy) is 3. The van der Waals surface area contributed by atoms with Crippen LogP contribution in [-0.4, -0.2) is 86.8 Å². The molecule has 3 aliphatic heterocycles. The predicted octanol–water partition coefficient (Wildman–Crippen LogP) is -1.49. The minimum Gasteiger partial charge on any atom is -0.394 e. The molecule has 8 nitrogen and oxygen atoms in total. The average molecular weight is 348 g/mol. The molecule has 3 saturated heterocycles. The maximum Gasteiger partial charge on any atom is 0.187 e. The number of hydrogen-bond donors (Lipinski definition) is 5. The Labute approximate surface area is 141 Å². The minimum absolute atomic E-state index is 0.217. The second-order valence-corrected chi connectivity index (χ2v) is 7.72. The summed E-state index contributed by atoms with van der Waals surface area (Å²) in [6, 6.07) is 0. The minimum atomic E-state index is -1.48. The molecule has 0 aromatic heterocycles. The standard InChI is InChI=1S/C16H28O8/c1-15(2)8-3-4-16(7-18,24-15)10(5-8)23-14-13(21)12(20)11(19)9(6-17)22-14/h8-14,17-21H,3-7H2,1-2H3. The summed E-state index contributed by atoms with van der Waals surface area (Å²) < 4.78 is 17.4. The summed E-state index contributed by atoms with van der Waals surface area (Å²) in [5.41, 5.74) is -1.24. The van der Waals surface area contributed by atoms with E-state index in [0.29, 0.717) is 12.8 Å². The third-order valence-electron chi connectivity index (χ3n) is 5.87. The van der Waals surface area contributed by atoms with Gasteiger partial charge in [-0.15, -0.1) is 0 Å². The predicted molar refractivity (Wildman–Crippen MR) is 81.0 cm³/mol. The first-order valence-electron chi connectivity index (χ1n) is 8.51. The van der Waals surface area contributed by atoms with Crippen molar-refractivity contribution in [2.24, 2.45) is 5.92 Å². The molecule has 8 atom stereocenters. The molecule has 4 aliphatic rings. The van der Waals surface area contributed by atoms with Crippen LogP contribution in [0.3, 0.4) is 0 Å². The van der Waals surface area contributed by atoms with Gasteiger partial charge in [0.1, 0.15) is 30.0 Å². The second kappa shape index (κ2) is 6.44. The fourth-order valence-corrected chi connectivity index (χ4v) is 4.26. The Morgan fingerprint density at radius 2 is 1.79 bits per heavy atom. The highest BCUT2D eigenvalue weighted by Crippen LogP contribution is 2.51. The highest BCUT2D eigenvalue weighted by molar-refractivity contribution is 5.06. The van der Waals surface area contributed by atoms with Crippen molar-refractivity contribution in [3.8, 4) is 0 Å². The van der Waals surface area contributed by atoms with E-state index in [-0.39, 0.29) is 18.1 Å². The van der Waals surface area contributed by atoms with Gasteiger partial charge in [0.05, 0.1) is 24.9 Å². The van der Waals surface area contributed by atoms with E-state index in [4.69, 9.17) is 14.2 Å². The fraction of sp³-hybridized carbons (Fsp3) is 1.00. The van der Waals surface area contributed by atoms with Gasteiger partial charge >= 0.3 is 0 Å². The van der Waals surface area contributed by atoms with Crippen molar-refractivity contribution in [2.75, 3.05) is 13.2 Å². The summed E-state index contributed by atoms with van der Waals surface area (Å²) >= 11 is 0. The molecule has 8 heteroatoms. The number of rotatable bonds is 4. The average Bonchev–Trinajstić information content (AvgIpc) is 2.55. The molecule has 1 aliphatic carbocycles. The van der Waals surface area contributed by atoms with E-state index in [1.54, 1.807) is 0 Å². The van der Waals surface area contributed by atoms with Gasteiger partial charge in [0.15, 0.2) is 6.29 Å². The lowest BCUT2D eigenvalue weighted by atomic mass is 9.67. The monoisotopic (exact) mass is 348 g/mol. The number of aliphatic hydroxyl groups is 5. The maximum absolute atomic E-state index is 10.1. The van der Waals surface area contributed by atoms with Crippen molar-refractivity contribution >= 4 is 0 Å². The van der Waals surface area contributed by atoms with Gasteiger partial charge in [-0.25, -0.2) is 0 Å². The lowest BCUT2D eigenvalue weighted by Crippen LogP contribution is -2.67. The number of hydrogen-bond acceptors (Lipinski definition) is 8. The van der Waals surface area contributed by atoms with Crippen LogP contribution in [0, 0.1) is 5.92 Å². The van der Waals surface area contributed by atoms with Gasteiger partial charge in [0.2, 0.25) is 0 Å². The Balaban J connectivity index is 1.76. The zero-order valence-electron chi connectivity index (χ0n) is 14.0. The van der Waals surface area contributed by atoms with Gasteiger partial charge in [0, 0.05) is 0 Å². The van der Waals surface area contributed by atoms with Crippen LogP contribution in [0.2, 0.25) is 0 Å². The molecule has 24 heavy (non-hydrogen) atoms. The van der Waals surface area contributed by atoms with Crippen molar-refractivity contribution in [1.29, 1.82) is 0 Å². The topological polar surface area (TPSA) is 129 Å². The SMILES string of the molecule is CC1(C)OC2(CO)CCC1CC2OC1OC(CO)C(O)C(O)C1O. The summed E-state index contributed by atoms with van der Waals surface area (Å²) in [6.45, 7) is 3.26. The van der Waals surface area contributed by atoms with E-state index < -0.39 is 49.0 Å². The maximum atomic E-state index is 10.1. The van der Waals surface area contributed by atoms with Gasteiger partial charge in [-0.1, -0.05) is 0 Å². The van der Waals surface area contributed by atoms with Crippen LogP contribution in [0.25, 0.3) is 0 Å². The lowest BCUT2D eigenvalue weighted by molar-refractivity contribution is -0.360. The molecule has 4 fully saturated rings. The van der Waals surface area contributed by atoms with E-state index in [9.17, 15) is 25.5 Å². The number of fused-ring (bicyclic) bond motifs is 3. The third kappa shape index (κ3) is 2.89. The van der Waals surface area contributed by atoms with E-state index >= 15 is 0 Å². The smallest absolute Gasteiger partial charge is 0.187 e. The summed E-state index contributed by atoms with van der Waals surface area (Å²) in [7, 11) is 0. The molecule has 140 valence electrons. The van der Waals surface area contributed by atoms with Crippen molar-refractivity contribution in [2.45, 2.75) is 81.1 Å². The highest BCUT2D eigenvalue weighted by Gasteiger charge is 2.58. The zero-order valence-corrected chi connectivity index (χ0v) is 14.0. The molecule has 1 saturated carbocycles.